The van der Waals surface area contributed by atoms with E-state index in [1.807, 2.05) is 0 Å². The lowest BCUT2D eigenvalue weighted by Crippen LogP contribution is -2.45. The molecule has 0 aromatic rings. The molecule has 2 atom stereocenters. The van der Waals surface area contributed by atoms with E-state index in [2.05, 4.69) is 19.2 Å². The molecule has 1 amide bonds. The number of aliphatic hydroxyl groups is 2. The standard InChI is InChI=1S/C62H123NO5/c1-3-5-7-9-11-13-14-15-16-26-30-33-36-40-44-48-52-56-62(67)68-57-53-49-45-41-37-34-31-28-25-23-21-19-17-18-20-22-24-27-29-32-35-39-43-47-51-55-61(66)63-59(58-64)60(65)54-50-46-42-38-12-10-8-6-4-2/h59-60,64-65H,3-58H2,1-2H3,(H,63,66). The average Bonchev–Trinajstić information content (AvgIpc) is 3.34. The van der Waals surface area contributed by atoms with Crippen LogP contribution in [0.2, 0.25) is 0 Å². The number of amides is 1. The number of hydrogen-bond acceptors (Lipinski definition) is 5. The number of ether oxygens (including phenoxy) is 1. The van der Waals surface area contributed by atoms with E-state index in [0.29, 0.717) is 25.9 Å². The van der Waals surface area contributed by atoms with Crippen molar-refractivity contribution in [2.75, 3.05) is 13.2 Å². The molecule has 0 saturated heterocycles. The minimum absolute atomic E-state index is 0.0211. The van der Waals surface area contributed by atoms with E-state index in [1.54, 1.807) is 0 Å². The summed E-state index contributed by atoms with van der Waals surface area (Å²) >= 11 is 0. The molecule has 6 nitrogen and oxygen atoms in total. The van der Waals surface area contributed by atoms with Gasteiger partial charge in [0.15, 0.2) is 0 Å². The quantitative estimate of drug-likeness (QED) is 0.0417. The molecule has 0 spiro atoms. The molecule has 0 bridgehead atoms. The first-order valence-corrected chi connectivity index (χ1v) is 31.3. The maximum absolute atomic E-state index is 12.4. The second-order valence-electron chi connectivity index (χ2n) is 21.8. The summed E-state index contributed by atoms with van der Waals surface area (Å²) in [6, 6.07) is -0.536. The van der Waals surface area contributed by atoms with Crippen LogP contribution in [0.3, 0.4) is 0 Å². The number of unbranched alkanes of at least 4 members (excludes halogenated alkanes) is 48. The highest BCUT2D eigenvalue weighted by molar-refractivity contribution is 5.76. The molecule has 0 heterocycles. The molecule has 0 saturated carbocycles. The van der Waals surface area contributed by atoms with Crippen molar-refractivity contribution < 1.29 is 24.5 Å². The minimum Gasteiger partial charge on any atom is -0.466 e. The Morgan fingerprint density at radius 2 is 0.603 bits per heavy atom. The lowest BCUT2D eigenvalue weighted by molar-refractivity contribution is -0.143. The molecular formula is C62H123NO5. The number of carbonyl (C=O) groups excluding carboxylic acids is 2. The Morgan fingerprint density at radius 1 is 0.353 bits per heavy atom. The van der Waals surface area contributed by atoms with Gasteiger partial charge in [-0.3, -0.25) is 9.59 Å². The van der Waals surface area contributed by atoms with E-state index in [4.69, 9.17) is 4.74 Å². The van der Waals surface area contributed by atoms with Crippen LogP contribution in [0.5, 0.6) is 0 Å². The van der Waals surface area contributed by atoms with Crippen LogP contribution in [0.4, 0.5) is 0 Å². The molecule has 0 aliphatic rings. The molecule has 0 aliphatic carbocycles. The fourth-order valence-corrected chi connectivity index (χ4v) is 10.1. The molecular weight excluding hydrogens is 839 g/mol. The predicted octanol–water partition coefficient (Wildman–Crippen LogP) is 19.5. The SMILES string of the molecule is CCCCCCCCCCCCCCCCCCCC(=O)OCCCCCCCCCCCCCCCCCCCCCCCCCCCC(=O)NC(CO)C(O)CCCCCCCCCCC. The first-order chi connectivity index (χ1) is 33.5. The highest BCUT2D eigenvalue weighted by Crippen LogP contribution is 2.19. The molecule has 3 N–H and O–H groups in total. The third-order valence-corrected chi connectivity index (χ3v) is 14.9. The van der Waals surface area contributed by atoms with Crippen molar-refractivity contribution in [1.82, 2.24) is 5.32 Å². The number of esters is 1. The van der Waals surface area contributed by atoms with Crippen LogP contribution in [-0.4, -0.2) is 47.4 Å². The molecule has 0 aliphatic heterocycles. The predicted molar refractivity (Wildman–Crippen MR) is 297 cm³/mol. The zero-order valence-corrected chi connectivity index (χ0v) is 46.4. The molecule has 68 heavy (non-hydrogen) atoms. The van der Waals surface area contributed by atoms with Crippen molar-refractivity contribution in [2.45, 2.75) is 373 Å². The van der Waals surface area contributed by atoms with Crippen molar-refractivity contribution >= 4 is 11.9 Å². The molecule has 2 unspecified atom stereocenters. The van der Waals surface area contributed by atoms with E-state index in [-0.39, 0.29) is 18.5 Å². The van der Waals surface area contributed by atoms with Crippen LogP contribution in [0.15, 0.2) is 0 Å². The fraction of sp³-hybridized carbons (Fsp3) is 0.968. The summed E-state index contributed by atoms with van der Waals surface area (Å²) in [7, 11) is 0. The third-order valence-electron chi connectivity index (χ3n) is 14.9. The smallest absolute Gasteiger partial charge is 0.305 e. The Bertz CT molecular complexity index is 975. The Hall–Kier alpha value is -1.14. The number of nitrogens with one attached hydrogen (secondary N) is 1. The van der Waals surface area contributed by atoms with Crippen LogP contribution in [0.25, 0.3) is 0 Å². The van der Waals surface area contributed by atoms with E-state index < -0.39 is 12.1 Å². The van der Waals surface area contributed by atoms with Crippen LogP contribution in [0, 0.1) is 0 Å². The highest BCUT2D eigenvalue weighted by atomic mass is 16.5. The average molecular weight is 963 g/mol. The third kappa shape index (κ3) is 54.2. The highest BCUT2D eigenvalue weighted by Gasteiger charge is 2.20. The summed E-state index contributed by atoms with van der Waals surface area (Å²) in [6.07, 6.45) is 68.5. The van der Waals surface area contributed by atoms with E-state index >= 15 is 0 Å². The van der Waals surface area contributed by atoms with E-state index in [0.717, 1.165) is 38.5 Å². The Kier molecular flexibility index (Phi) is 57.5. The van der Waals surface area contributed by atoms with Gasteiger partial charge in [-0.2, -0.15) is 0 Å². The van der Waals surface area contributed by atoms with Gasteiger partial charge < -0.3 is 20.3 Å². The maximum atomic E-state index is 12.4. The minimum atomic E-state index is -0.659. The van der Waals surface area contributed by atoms with Crippen molar-refractivity contribution in [3.05, 3.63) is 0 Å². The van der Waals surface area contributed by atoms with Crippen LogP contribution < -0.4 is 5.32 Å². The number of carbonyl (C=O) groups is 2. The van der Waals surface area contributed by atoms with Crippen LogP contribution in [0.1, 0.15) is 361 Å². The molecule has 0 radical (unpaired) electrons. The lowest BCUT2D eigenvalue weighted by Gasteiger charge is -2.22. The van der Waals surface area contributed by atoms with Crippen molar-refractivity contribution in [3.8, 4) is 0 Å². The van der Waals surface area contributed by atoms with Gasteiger partial charge >= 0.3 is 5.97 Å². The molecule has 406 valence electrons. The molecule has 0 aromatic carbocycles. The van der Waals surface area contributed by atoms with Crippen molar-refractivity contribution in [3.63, 3.8) is 0 Å². The first kappa shape index (κ1) is 66.9. The van der Waals surface area contributed by atoms with Crippen LogP contribution >= 0.6 is 0 Å². The van der Waals surface area contributed by atoms with Gasteiger partial charge in [-0.25, -0.2) is 0 Å². The van der Waals surface area contributed by atoms with Gasteiger partial charge in [-0.1, -0.05) is 322 Å². The molecule has 0 fully saturated rings. The summed E-state index contributed by atoms with van der Waals surface area (Å²) in [6.45, 7) is 4.96. The van der Waals surface area contributed by atoms with Gasteiger partial charge in [0, 0.05) is 12.8 Å². The summed E-state index contributed by atoms with van der Waals surface area (Å²) in [4.78, 5) is 24.5. The second-order valence-corrected chi connectivity index (χ2v) is 21.8. The number of rotatable bonds is 59. The van der Waals surface area contributed by atoms with Crippen LogP contribution in [-0.2, 0) is 14.3 Å². The zero-order chi connectivity index (χ0) is 49.3. The van der Waals surface area contributed by atoms with Crippen molar-refractivity contribution in [2.24, 2.45) is 0 Å². The lowest BCUT2D eigenvalue weighted by atomic mass is 10.0. The van der Waals surface area contributed by atoms with Gasteiger partial charge in [0.2, 0.25) is 5.91 Å². The normalized spacial score (nSPS) is 12.5. The second kappa shape index (κ2) is 58.4. The van der Waals surface area contributed by atoms with E-state index in [1.165, 1.54) is 289 Å². The topological polar surface area (TPSA) is 95.9 Å². The number of aliphatic hydroxyl groups excluding tert-OH is 2. The van der Waals surface area contributed by atoms with E-state index in [9.17, 15) is 19.8 Å². The van der Waals surface area contributed by atoms with Gasteiger partial charge in [-0.15, -0.1) is 0 Å². The molecule has 6 heteroatoms. The molecule has 0 rings (SSSR count). The largest absolute Gasteiger partial charge is 0.466 e. The van der Waals surface area contributed by atoms with Crippen molar-refractivity contribution in [1.29, 1.82) is 0 Å². The maximum Gasteiger partial charge on any atom is 0.305 e. The monoisotopic (exact) mass is 962 g/mol. The van der Waals surface area contributed by atoms with Gasteiger partial charge in [0.1, 0.15) is 0 Å². The first-order valence-electron chi connectivity index (χ1n) is 31.3. The Balaban J connectivity index is 3.30. The Morgan fingerprint density at radius 3 is 0.897 bits per heavy atom. The van der Waals surface area contributed by atoms with Gasteiger partial charge in [0.25, 0.3) is 0 Å². The molecule has 0 aromatic heterocycles. The summed E-state index contributed by atoms with van der Waals surface area (Å²) in [5, 5.41) is 23.1. The van der Waals surface area contributed by atoms with Gasteiger partial charge in [-0.05, 0) is 25.7 Å². The summed E-state index contributed by atoms with van der Waals surface area (Å²) in [5.41, 5.74) is 0. The summed E-state index contributed by atoms with van der Waals surface area (Å²) in [5.74, 6) is -0.0125. The summed E-state index contributed by atoms with van der Waals surface area (Å²) < 4.78 is 5.50. The Labute approximate surface area is 426 Å². The zero-order valence-electron chi connectivity index (χ0n) is 46.4. The van der Waals surface area contributed by atoms with Gasteiger partial charge in [0.05, 0.1) is 25.4 Å². The fourth-order valence-electron chi connectivity index (χ4n) is 10.1. The number of hydrogen-bond donors (Lipinski definition) is 3.